The van der Waals surface area contributed by atoms with Crippen LogP contribution in [0.4, 0.5) is 0 Å². The van der Waals surface area contributed by atoms with Crippen molar-refractivity contribution in [2.24, 2.45) is 0 Å². The summed E-state index contributed by atoms with van der Waals surface area (Å²) >= 11 is 0. The monoisotopic (exact) mass is 297 g/mol. The van der Waals surface area contributed by atoms with Gasteiger partial charge in [-0.05, 0) is 45.2 Å². The summed E-state index contributed by atoms with van der Waals surface area (Å²) in [5, 5.41) is 0. The zero-order valence-corrected chi connectivity index (χ0v) is 13.2. The summed E-state index contributed by atoms with van der Waals surface area (Å²) in [6, 6.07) is 7.15. The number of hydrogen-bond acceptors (Lipinski definition) is 3. The van der Waals surface area contributed by atoms with Crippen molar-refractivity contribution in [3.8, 4) is 0 Å². The summed E-state index contributed by atoms with van der Waals surface area (Å²) < 4.78 is 32.6. The van der Waals surface area contributed by atoms with Gasteiger partial charge in [-0.1, -0.05) is 18.2 Å². The Kier molecular flexibility index (Phi) is 4.83. The lowest BCUT2D eigenvalue weighted by Gasteiger charge is -2.32. The Morgan fingerprint density at radius 1 is 1.20 bits per heavy atom. The van der Waals surface area contributed by atoms with E-state index < -0.39 is 10.0 Å². The van der Waals surface area contributed by atoms with Gasteiger partial charge in [-0.2, -0.15) is 4.31 Å². The zero-order chi connectivity index (χ0) is 14.8. The van der Waals surface area contributed by atoms with Crippen LogP contribution in [-0.2, 0) is 14.8 Å². The first-order chi connectivity index (χ1) is 9.41. The third-order valence-electron chi connectivity index (χ3n) is 3.58. The van der Waals surface area contributed by atoms with E-state index in [9.17, 15) is 8.42 Å². The summed E-state index contributed by atoms with van der Waals surface area (Å²) in [6.45, 7) is 6.93. The van der Waals surface area contributed by atoms with Gasteiger partial charge in [0.25, 0.3) is 0 Å². The fourth-order valence-electron chi connectivity index (χ4n) is 2.58. The smallest absolute Gasteiger partial charge is 0.243 e. The van der Waals surface area contributed by atoms with Gasteiger partial charge in [-0.15, -0.1) is 0 Å². The van der Waals surface area contributed by atoms with Crippen LogP contribution in [0, 0.1) is 6.92 Å². The van der Waals surface area contributed by atoms with Gasteiger partial charge in [0.2, 0.25) is 10.0 Å². The fourth-order valence-corrected chi connectivity index (χ4v) is 4.27. The molecule has 1 aromatic rings. The molecule has 0 bridgehead atoms. The Hall–Kier alpha value is -0.910. The van der Waals surface area contributed by atoms with Crippen molar-refractivity contribution in [3.63, 3.8) is 0 Å². The lowest BCUT2D eigenvalue weighted by Crippen LogP contribution is -2.41. The van der Waals surface area contributed by atoms with Crippen molar-refractivity contribution in [1.82, 2.24) is 4.31 Å². The zero-order valence-electron chi connectivity index (χ0n) is 12.4. The minimum absolute atomic E-state index is 0.179. The second-order valence-electron chi connectivity index (χ2n) is 5.55. The first-order valence-corrected chi connectivity index (χ1v) is 8.56. The average Bonchev–Trinajstić information content (AvgIpc) is 2.39. The number of hydrogen-bond donors (Lipinski definition) is 0. The molecule has 0 amide bonds. The number of benzene rings is 1. The first kappa shape index (κ1) is 15.5. The van der Waals surface area contributed by atoms with Gasteiger partial charge < -0.3 is 4.74 Å². The number of sulfonamides is 1. The van der Waals surface area contributed by atoms with Crippen molar-refractivity contribution in [1.29, 1.82) is 0 Å². The molecular formula is C15H23NO3S. The maximum absolute atomic E-state index is 12.6. The second-order valence-corrected chi connectivity index (χ2v) is 7.46. The summed E-state index contributed by atoms with van der Waals surface area (Å²) in [6.07, 6.45) is 1.91. The SMILES string of the molecule is Cc1ccccc1S(=O)(=O)N1CCC(OC(C)C)CC1. The van der Waals surface area contributed by atoms with E-state index in [-0.39, 0.29) is 12.2 Å². The molecule has 1 aliphatic rings. The molecule has 0 spiro atoms. The standard InChI is InChI=1S/C15H23NO3S/c1-12(2)19-14-8-10-16(11-9-14)20(17,18)15-7-5-4-6-13(15)3/h4-7,12,14H,8-11H2,1-3H3. The predicted molar refractivity (Wildman–Crippen MR) is 79.2 cm³/mol. The maximum atomic E-state index is 12.6. The molecule has 112 valence electrons. The molecular weight excluding hydrogens is 274 g/mol. The van der Waals surface area contributed by atoms with E-state index in [1.165, 1.54) is 0 Å². The summed E-state index contributed by atoms with van der Waals surface area (Å²) in [5.74, 6) is 0. The Morgan fingerprint density at radius 2 is 1.80 bits per heavy atom. The van der Waals surface area contributed by atoms with Gasteiger partial charge in [-0.25, -0.2) is 8.42 Å². The normalized spacial score (nSPS) is 18.6. The van der Waals surface area contributed by atoms with Crippen LogP contribution >= 0.6 is 0 Å². The molecule has 1 aromatic carbocycles. The van der Waals surface area contributed by atoms with Crippen molar-refractivity contribution >= 4 is 10.0 Å². The molecule has 0 N–H and O–H groups in total. The molecule has 1 heterocycles. The maximum Gasteiger partial charge on any atom is 0.243 e. The Bertz CT molecular complexity index is 546. The van der Waals surface area contributed by atoms with E-state index in [0.717, 1.165) is 18.4 Å². The third kappa shape index (κ3) is 3.40. The van der Waals surface area contributed by atoms with Gasteiger partial charge in [0, 0.05) is 13.1 Å². The fraction of sp³-hybridized carbons (Fsp3) is 0.600. The van der Waals surface area contributed by atoms with Crippen molar-refractivity contribution in [2.45, 2.75) is 50.7 Å². The quantitative estimate of drug-likeness (QED) is 0.858. The van der Waals surface area contributed by atoms with Gasteiger partial charge in [-0.3, -0.25) is 0 Å². The molecule has 0 saturated carbocycles. The molecule has 1 fully saturated rings. The van der Waals surface area contributed by atoms with Crippen LogP contribution in [0.5, 0.6) is 0 Å². The van der Waals surface area contributed by atoms with Crippen LogP contribution in [0.2, 0.25) is 0 Å². The Labute approximate surface area is 121 Å². The van der Waals surface area contributed by atoms with E-state index in [1.54, 1.807) is 16.4 Å². The van der Waals surface area contributed by atoms with E-state index in [0.29, 0.717) is 18.0 Å². The third-order valence-corrected chi connectivity index (χ3v) is 5.64. The van der Waals surface area contributed by atoms with Crippen LogP contribution in [0.3, 0.4) is 0 Å². The number of nitrogens with zero attached hydrogens (tertiary/aromatic N) is 1. The van der Waals surface area contributed by atoms with Gasteiger partial charge in [0.15, 0.2) is 0 Å². The first-order valence-electron chi connectivity index (χ1n) is 7.12. The molecule has 0 atom stereocenters. The summed E-state index contributed by atoms with van der Waals surface area (Å²) in [5.41, 5.74) is 0.799. The highest BCUT2D eigenvalue weighted by Crippen LogP contribution is 2.24. The summed E-state index contributed by atoms with van der Waals surface area (Å²) in [4.78, 5) is 0.420. The molecule has 0 aliphatic carbocycles. The van der Waals surface area contributed by atoms with Gasteiger partial charge in [0.05, 0.1) is 17.1 Å². The topological polar surface area (TPSA) is 46.6 Å². The van der Waals surface area contributed by atoms with E-state index in [2.05, 4.69) is 0 Å². The minimum atomic E-state index is -3.37. The number of ether oxygens (including phenoxy) is 1. The average molecular weight is 297 g/mol. The minimum Gasteiger partial charge on any atom is -0.375 e. The van der Waals surface area contributed by atoms with Crippen LogP contribution in [0.1, 0.15) is 32.3 Å². The Morgan fingerprint density at radius 3 is 2.35 bits per heavy atom. The van der Waals surface area contributed by atoms with Crippen LogP contribution in [0.25, 0.3) is 0 Å². The van der Waals surface area contributed by atoms with Gasteiger partial charge in [0.1, 0.15) is 0 Å². The molecule has 20 heavy (non-hydrogen) atoms. The number of aryl methyl sites for hydroxylation is 1. The van der Waals surface area contributed by atoms with Crippen LogP contribution < -0.4 is 0 Å². The number of rotatable bonds is 4. The van der Waals surface area contributed by atoms with E-state index in [1.807, 2.05) is 32.9 Å². The Balaban J connectivity index is 2.08. The van der Waals surface area contributed by atoms with E-state index in [4.69, 9.17) is 4.74 Å². The van der Waals surface area contributed by atoms with Gasteiger partial charge >= 0.3 is 0 Å². The lowest BCUT2D eigenvalue weighted by molar-refractivity contribution is -0.0168. The van der Waals surface area contributed by atoms with Crippen molar-refractivity contribution < 1.29 is 13.2 Å². The molecule has 2 rings (SSSR count). The van der Waals surface area contributed by atoms with E-state index >= 15 is 0 Å². The molecule has 5 heteroatoms. The molecule has 4 nitrogen and oxygen atoms in total. The predicted octanol–water partition coefficient (Wildman–Crippen LogP) is 2.57. The van der Waals surface area contributed by atoms with Crippen LogP contribution in [0.15, 0.2) is 29.2 Å². The molecule has 0 aromatic heterocycles. The summed E-state index contributed by atoms with van der Waals surface area (Å²) in [7, 11) is -3.37. The molecule has 0 radical (unpaired) electrons. The highest BCUT2D eigenvalue weighted by Gasteiger charge is 2.30. The largest absolute Gasteiger partial charge is 0.375 e. The van der Waals surface area contributed by atoms with Crippen molar-refractivity contribution in [3.05, 3.63) is 29.8 Å². The lowest BCUT2D eigenvalue weighted by atomic mass is 10.1. The van der Waals surface area contributed by atoms with Crippen molar-refractivity contribution in [2.75, 3.05) is 13.1 Å². The molecule has 0 unspecified atom stereocenters. The highest BCUT2D eigenvalue weighted by atomic mass is 32.2. The number of piperidine rings is 1. The molecule has 1 aliphatic heterocycles. The highest BCUT2D eigenvalue weighted by molar-refractivity contribution is 7.89. The second kappa shape index (κ2) is 6.24. The van der Waals surface area contributed by atoms with Crippen LogP contribution in [-0.4, -0.2) is 38.0 Å². The molecule has 1 saturated heterocycles.